The molecule has 0 bridgehead atoms. The highest BCUT2D eigenvalue weighted by atomic mass is 16.5. The Morgan fingerprint density at radius 2 is 2.05 bits per heavy atom. The van der Waals surface area contributed by atoms with Gasteiger partial charge in [0.05, 0.1) is 18.7 Å². The van der Waals surface area contributed by atoms with Crippen LogP contribution >= 0.6 is 0 Å². The Balaban J connectivity index is 3.18. The summed E-state index contributed by atoms with van der Waals surface area (Å²) in [4.78, 5) is 14.4. The number of hydrogen-bond acceptors (Lipinski definition) is 5. The first-order valence-electron chi connectivity index (χ1n) is 6.22. The maximum Gasteiger partial charge on any atom is 0.314 e. The fraction of sp³-hybridized carbons (Fsp3) is 0.357. The molecule has 106 valence electrons. The lowest BCUT2D eigenvalue weighted by atomic mass is 9.78. The molecule has 7 heteroatoms. The molecule has 0 saturated carbocycles. The van der Waals surface area contributed by atoms with E-state index in [-0.39, 0.29) is 13.0 Å². The van der Waals surface area contributed by atoms with Crippen LogP contribution in [-0.4, -0.2) is 18.6 Å². The van der Waals surface area contributed by atoms with Crippen LogP contribution in [0.25, 0.3) is 10.4 Å². The zero-order valence-electron chi connectivity index (χ0n) is 11.4. The van der Waals surface area contributed by atoms with Crippen molar-refractivity contribution in [1.29, 1.82) is 10.5 Å². The lowest BCUT2D eigenvalue weighted by molar-refractivity contribution is -0.144. The fourth-order valence-electron chi connectivity index (χ4n) is 1.85. The van der Waals surface area contributed by atoms with E-state index in [0.29, 0.717) is 5.56 Å². The van der Waals surface area contributed by atoms with Gasteiger partial charge < -0.3 is 4.74 Å². The molecule has 0 spiro atoms. The molecule has 0 aliphatic carbocycles. The third-order valence-electron chi connectivity index (χ3n) is 2.90. The van der Waals surface area contributed by atoms with E-state index in [1.165, 1.54) is 0 Å². The summed E-state index contributed by atoms with van der Waals surface area (Å²) in [5.41, 5.74) is 7.42. The van der Waals surface area contributed by atoms with Gasteiger partial charge in [-0.2, -0.15) is 10.5 Å². The standard InChI is InChI=1S/C14H13N5O2/c1-2-21-13(20)12(18-19-17)8-14(9-15,10-16)11-6-4-3-5-7-11/h3-7,12H,2,8H2,1H3. The van der Waals surface area contributed by atoms with Crippen LogP contribution in [0.15, 0.2) is 35.4 Å². The number of nitriles is 2. The highest BCUT2D eigenvalue weighted by Crippen LogP contribution is 2.29. The van der Waals surface area contributed by atoms with Crippen LogP contribution in [0.5, 0.6) is 0 Å². The van der Waals surface area contributed by atoms with Gasteiger partial charge in [0, 0.05) is 11.3 Å². The minimum absolute atomic E-state index is 0.119. The SMILES string of the molecule is CCOC(=O)C(CC(C#N)(C#N)c1ccccc1)N=[N+]=[N-]. The van der Waals surface area contributed by atoms with Gasteiger partial charge in [-0.15, -0.1) is 0 Å². The van der Waals surface area contributed by atoms with E-state index < -0.39 is 17.4 Å². The molecule has 0 aromatic heterocycles. The maximum atomic E-state index is 11.8. The average molecular weight is 283 g/mol. The van der Waals surface area contributed by atoms with Crippen molar-refractivity contribution >= 4 is 5.97 Å². The highest BCUT2D eigenvalue weighted by Gasteiger charge is 2.38. The maximum absolute atomic E-state index is 11.8. The van der Waals surface area contributed by atoms with Crippen molar-refractivity contribution < 1.29 is 9.53 Å². The van der Waals surface area contributed by atoms with Crippen molar-refractivity contribution in [2.45, 2.75) is 24.8 Å². The van der Waals surface area contributed by atoms with Crippen LogP contribution in [0.1, 0.15) is 18.9 Å². The molecule has 0 amide bonds. The van der Waals surface area contributed by atoms with Crippen molar-refractivity contribution in [2.75, 3.05) is 6.61 Å². The van der Waals surface area contributed by atoms with Gasteiger partial charge in [-0.25, -0.2) is 0 Å². The molecule has 1 aromatic rings. The highest BCUT2D eigenvalue weighted by molar-refractivity contribution is 5.76. The Morgan fingerprint density at radius 1 is 1.43 bits per heavy atom. The summed E-state index contributed by atoms with van der Waals surface area (Å²) in [5, 5.41) is 22.2. The first-order chi connectivity index (χ1) is 10.1. The molecule has 0 aliphatic rings. The molecule has 1 rings (SSSR count). The first kappa shape index (κ1) is 16.0. The van der Waals surface area contributed by atoms with Crippen LogP contribution in [0.2, 0.25) is 0 Å². The predicted molar refractivity (Wildman–Crippen MR) is 73.5 cm³/mol. The summed E-state index contributed by atoms with van der Waals surface area (Å²) >= 11 is 0. The smallest absolute Gasteiger partial charge is 0.314 e. The molecule has 0 saturated heterocycles. The second-order valence-corrected chi connectivity index (χ2v) is 4.17. The van der Waals surface area contributed by atoms with Crippen LogP contribution in [0, 0.1) is 22.7 Å². The minimum atomic E-state index is -1.58. The van der Waals surface area contributed by atoms with Crippen molar-refractivity contribution in [2.24, 2.45) is 5.11 Å². The number of nitrogens with zero attached hydrogens (tertiary/aromatic N) is 5. The van der Waals surface area contributed by atoms with Crippen molar-refractivity contribution in [3.8, 4) is 12.1 Å². The van der Waals surface area contributed by atoms with Gasteiger partial charge in [-0.1, -0.05) is 35.4 Å². The lowest BCUT2D eigenvalue weighted by Crippen LogP contribution is -2.32. The summed E-state index contributed by atoms with van der Waals surface area (Å²) in [7, 11) is 0. The van der Waals surface area contributed by atoms with Gasteiger partial charge in [0.15, 0.2) is 5.41 Å². The normalized spacial score (nSPS) is 11.4. The number of carbonyl (C=O) groups is 1. The Morgan fingerprint density at radius 3 is 2.52 bits per heavy atom. The van der Waals surface area contributed by atoms with Crippen molar-refractivity contribution in [3.05, 3.63) is 46.3 Å². The van der Waals surface area contributed by atoms with E-state index in [2.05, 4.69) is 10.0 Å². The third kappa shape index (κ3) is 3.73. The van der Waals surface area contributed by atoms with Crippen LogP contribution in [0.3, 0.4) is 0 Å². The molecule has 0 fully saturated rings. The van der Waals surface area contributed by atoms with Gasteiger partial charge in [0.2, 0.25) is 0 Å². The average Bonchev–Trinajstić information content (AvgIpc) is 2.53. The van der Waals surface area contributed by atoms with E-state index in [0.717, 1.165) is 0 Å². The Bertz CT molecular complexity index is 609. The summed E-state index contributed by atoms with van der Waals surface area (Å²) in [5.74, 6) is -0.749. The zero-order chi connectivity index (χ0) is 15.7. The van der Waals surface area contributed by atoms with Gasteiger partial charge in [-0.3, -0.25) is 4.79 Å². The van der Waals surface area contributed by atoms with Crippen molar-refractivity contribution in [3.63, 3.8) is 0 Å². The lowest BCUT2D eigenvalue weighted by Gasteiger charge is -2.21. The van der Waals surface area contributed by atoms with Crippen LogP contribution in [0.4, 0.5) is 0 Å². The number of carbonyl (C=O) groups excluding carboxylic acids is 1. The fourth-order valence-corrected chi connectivity index (χ4v) is 1.85. The molecule has 1 atom stereocenters. The Kier molecular flexibility index (Phi) is 5.76. The van der Waals surface area contributed by atoms with E-state index in [1.807, 2.05) is 12.1 Å². The topological polar surface area (TPSA) is 123 Å². The predicted octanol–water partition coefficient (Wildman–Crippen LogP) is 2.60. The molecule has 7 nitrogen and oxygen atoms in total. The number of esters is 1. The molecule has 0 N–H and O–H groups in total. The second kappa shape index (κ2) is 7.54. The molecule has 0 aliphatic heterocycles. The molecule has 1 aromatic carbocycles. The molecule has 0 heterocycles. The molecule has 0 radical (unpaired) electrons. The summed E-state index contributed by atoms with van der Waals surface area (Å²) < 4.78 is 4.80. The number of hydrogen-bond donors (Lipinski definition) is 0. The van der Waals surface area contributed by atoms with Crippen LogP contribution in [-0.2, 0) is 14.9 Å². The van der Waals surface area contributed by atoms with Crippen LogP contribution < -0.4 is 0 Å². The van der Waals surface area contributed by atoms with E-state index in [1.54, 1.807) is 37.3 Å². The number of azide groups is 1. The first-order valence-corrected chi connectivity index (χ1v) is 6.22. The summed E-state index contributed by atoms with van der Waals surface area (Å²) in [6.07, 6.45) is -0.257. The van der Waals surface area contributed by atoms with Gasteiger partial charge in [-0.05, 0) is 18.0 Å². The molecular formula is C14H13N5O2. The number of benzene rings is 1. The third-order valence-corrected chi connectivity index (χ3v) is 2.90. The second-order valence-electron chi connectivity index (χ2n) is 4.17. The number of rotatable bonds is 6. The quantitative estimate of drug-likeness (QED) is 0.344. The molecule has 1 unspecified atom stereocenters. The summed E-state index contributed by atoms with van der Waals surface area (Å²) in [6.45, 7) is 1.73. The number of ether oxygens (including phenoxy) is 1. The van der Waals surface area contributed by atoms with Gasteiger partial charge in [0.1, 0.15) is 6.04 Å². The molecular weight excluding hydrogens is 270 g/mol. The van der Waals surface area contributed by atoms with Gasteiger partial charge in [0.25, 0.3) is 0 Å². The van der Waals surface area contributed by atoms with E-state index in [4.69, 9.17) is 10.3 Å². The largest absolute Gasteiger partial charge is 0.466 e. The monoisotopic (exact) mass is 283 g/mol. The minimum Gasteiger partial charge on any atom is -0.466 e. The van der Waals surface area contributed by atoms with Gasteiger partial charge >= 0.3 is 5.97 Å². The Labute approximate surface area is 122 Å². The molecule has 21 heavy (non-hydrogen) atoms. The van der Waals surface area contributed by atoms with E-state index >= 15 is 0 Å². The Hall–Kier alpha value is -3.02. The van der Waals surface area contributed by atoms with Crippen molar-refractivity contribution in [1.82, 2.24) is 0 Å². The zero-order valence-corrected chi connectivity index (χ0v) is 11.4. The summed E-state index contributed by atoms with van der Waals surface area (Å²) in [6, 6.07) is 11.0. The van der Waals surface area contributed by atoms with E-state index in [9.17, 15) is 15.3 Å².